The molecule has 41 heavy (non-hydrogen) atoms. The van der Waals surface area contributed by atoms with Gasteiger partial charge in [-0.05, 0) is 59.7 Å². The molecule has 0 unspecified atom stereocenters. The quantitative estimate of drug-likeness (QED) is 0.263. The van der Waals surface area contributed by atoms with Crippen LogP contribution in [0.2, 0.25) is 5.02 Å². The molecule has 4 aromatic carbocycles. The van der Waals surface area contributed by atoms with Crippen molar-refractivity contribution in [1.82, 2.24) is 10.2 Å². The fourth-order valence-electron chi connectivity index (χ4n) is 4.41. The van der Waals surface area contributed by atoms with Crippen molar-refractivity contribution in [2.24, 2.45) is 0 Å². The van der Waals surface area contributed by atoms with Crippen molar-refractivity contribution in [3.05, 3.63) is 131 Å². The molecule has 1 N–H and O–H groups in total. The summed E-state index contributed by atoms with van der Waals surface area (Å²) in [7, 11) is -2.81. The molecule has 0 aliphatic heterocycles. The van der Waals surface area contributed by atoms with Crippen LogP contribution in [0, 0.1) is 5.82 Å². The monoisotopic (exact) mass is 593 g/mol. The summed E-state index contributed by atoms with van der Waals surface area (Å²) in [6.07, 6.45) is 0.197. The Morgan fingerprint density at radius 1 is 0.854 bits per heavy atom. The normalized spacial score (nSPS) is 11.9. The third-order valence-electron chi connectivity index (χ3n) is 6.48. The summed E-state index contributed by atoms with van der Waals surface area (Å²) in [6, 6.07) is 27.7. The van der Waals surface area contributed by atoms with Gasteiger partial charge in [0.15, 0.2) is 0 Å². The van der Waals surface area contributed by atoms with Gasteiger partial charge in [0.1, 0.15) is 18.4 Å². The molecule has 0 heterocycles. The molecular formula is C31H29ClFN3O4S. The minimum atomic E-state index is -4.29. The summed E-state index contributed by atoms with van der Waals surface area (Å²) in [5, 5.41) is 3.10. The zero-order valence-corrected chi connectivity index (χ0v) is 23.9. The van der Waals surface area contributed by atoms with E-state index in [9.17, 15) is 22.4 Å². The number of rotatable bonds is 11. The summed E-state index contributed by atoms with van der Waals surface area (Å²) in [6.45, 7) is -0.601. The van der Waals surface area contributed by atoms with Crippen LogP contribution in [0.15, 0.2) is 114 Å². The Kier molecular flexibility index (Phi) is 9.75. The van der Waals surface area contributed by atoms with Gasteiger partial charge in [0.25, 0.3) is 10.0 Å². The number of halogens is 2. The number of nitrogens with one attached hydrogen (secondary N) is 1. The number of sulfonamides is 1. The molecule has 10 heteroatoms. The van der Waals surface area contributed by atoms with Gasteiger partial charge in [-0.3, -0.25) is 13.9 Å². The smallest absolute Gasteiger partial charge is 0.264 e. The molecule has 0 saturated heterocycles. The molecule has 0 aromatic heterocycles. The van der Waals surface area contributed by atoms with Crippen molar-refractivity contribution in [3.8, 4) is 0 Å². The third-order valence-corrected chi connectivity index (χ3v) is 8.51. The van der Waals surface area contributed by atoms with E-state index in [0.717, 1.165) is 34.1 Å². The summed E-state index contributed by atoms with van der Waals surface area (Å²) >= 11 is 6.21. The van der Waals surface area contributed by atoms with Gasteiger partial charge in [-0.1, -0.05) is 72.3 Å². The first-order chi connectivity index (χ1) is 19.7. The van der Waals surface area contributed by atoms with Crippen molar-refractivity contribution in [1.29, 1.82) is 0 Å². The van der Waals surface area contributed by atoms with Crippen LogP contribution in [0.25, 0.3) is 0 Å². The molecule has 212 valence electrons. The SMILES string of the molecule is CNC(=O)[C@H](Cc1ccccc1)N(Cc1cccc(Cl)c1)C(=O)CN(c1ccccc1)S(=O)(=O)c1ccc(F)cc1. The maximum atomic E-state index is 14.1. The first-order valence-corrected chi connectivity index (χ1v) is 14.6. The Labute approximate surface area is 244 Å². The number of para-hydroxylation sites is 1. The number of benzene rings is 4. The standard InChI is InChI=1S/C31H29ClFN3O4S/c1-34-31(38)29(20-23-9-4-2-5-10-23)35(21-24-11-8-12-25(32)19-24)30(37)22-36(27-13-6-3-7-14-27)41(39,40)28-17-15-26(33)16-18-28/h2-19,29H,20-22H2,1H3,(H,34,38)/t29-/m0/s1. The molecule has 1 atom stereocenters. The Morgan fingerprint density at radius 3 is 2.07 bits per heavy atom. The first-order valence-electron chi connectivity index (χ1n) is 12.8. The Balaban J connectivity index is 1.77. The van der Waals surface area contributed by atoms with Crippen molar-refractivity contribution < 1.29 is 22.4 Å². The average Bonchev–Trinajstić information content (AvgIpc) is 2.98. The lowest BCUT2D eigenvalue weighted by Crippen LogP contribution is -2.53. The van der Waals surface area contributed by atoms with E-state index >= 15 is 0 Å². The number of carbonyl (C=O) groups excluding carboxylic acids is 2. The number of anilines is 1. The lowest BCUT2D eigenvalue weighted by atomic mass is 10.0. The Morgan fingerprint density at radius 2 is 1.46 bits per heavy atom. The molecule has 2 amide bonds. The molecule has 7 nitrogen and oxygen atoms in total. The maximum absolute atomic E-state index is 14.1. The van der Waals surface area contributed by atoms with E-state index in [0.29, 0.717) is 10.6 Å². The summed E-state index contributed by atoms with van der Waals surface area (Å²) in [5.74, 6) is -1.60. The lowest BCUT2D eigenvalue weighted by molar-refractivity contribution is -0.139. The van der Waals surface area contributed by atoms with Crippen molar-refractivity contribution in [2.75, 3.05) is 17.9 Å². The second kappa shape index (κ2) is 13.4. The summed E-state index contributed by atoms with van der Waals surface area (Å²) < 4.78 is 42.2. The number of likely N-dealkylation sites (N-methyl/N-ethyl adjacent to an activating group) is 1. The first kappa shape index (κ1) is 29.8. The third kappa shape index (κ3) is 7.50. The highest BCUT2D eigenvalue weighted by molar-refractivity contribution is 7.92. The van der Waals surface area contributed by atoms with E-state index < -0.39 is 40.2 Å². The number of amides is 2. The molecule has 4 aromatic rings. The van der Waals surface area contributed by atoms with Crippen LogP contribution in [0.1, 0.15) is 11.1 Å². The molecule has 0 aliphatic rings. The van der Waals surface area contributed by atoms with Crippen LogP contribution in [0.3, 0.4) is 0 Å². The molecular weight excluding hydrogens is 565 g/mol. The second-order valence-corrected chi connectivity index (χ2v) is 11.6. The van der Waals surface area contributed by atoms with Crippen LogP contribution in [0.5, 0.6) is 0 Å². The van der Waals surface area contributed by atoms with E-state index in [2.05, 4.69) is 5.32 Å². The van der Waals surface area contributed by atoms with E-state index in [1.54, 1.807) is 54.6 Å². The molecule has 0 fully saturated rings. The van der Waals surface area contributed by atoms with Gasteiger partial charge in [-0.2, -0.15) is 0 Å². The number of hydrogen-bond acceptors (Lipinski definition) is 4. The van der Waals surface area contributed by atoms with Crippen LogP contribution in [-0.4, -0.2) is 44.8 Å². The van der Waals surface area contributed by atoms with Crippen LogP contribution in [-0.2, 0) is 32.6 Å². The van der Waals surface area contributed by atoms with Gasteiger partial charge < -0.3 is 10.2 Å². The van der Waals surface area contributed by atoms with E-state index in [1.807, 2.05) is 30.3 Å². The fraction of sp³-hybridized carbons (Fsp3) is 0.161. The van der Waals surface area contributed by atoms with E-state index in [4.69, 9.17) is 11.6 Å². The van der Waals surface area contributed by atoms with Gasteiger partial charge >= 0.3 is 0 Å². The Bertz CT molecular complexity index is 1590. The van der Waals surface area contributed by atoms with Crippen molar-refractivity contribution in [2.45, 2.75) is 23.9 Å². The van der Waals surface area contributed by atoms with Crippen LogP contribution < -0.4 is 9.62 Å². The van der Waals surface area contributed by atoms with E-state index in [1.165, 1.54) is 11.9 Å². The van der Waals surface area contributed by atoms with E-state index in [-0.39, 0.29) is 23.5 Å². The highest BCUT2D eigenvalue weighted by Gasteiger charge is 2.34. The minimum absolute atomic E-state index is 0.00351. The largest absolute Gasteiger partial charge is 0.357 e. The maximum Gasteiger partial charge on any atom is 0.264 e. The highest BCUT2D eigenvalue weighted by atomic mass is 35.5. The molecule has 0 saturated carbocycles. The number of nitrogens with zero attached hydrogens (tertiary/aromatic N) is 2. The van der Waals surface area contributed by atoms with Gasteiger partial charge in [-0.15, -0.1) is 0 Å². The number of carbonyl (C=O) groups is 2. The molecule has 4 rings (SSSR count). The predicted octanol–water partition coefficient (Wildman–Crippen LogP) is 5.06. The average molecular weight is 594 g/mol. The van der Waals surface area contributed by atoms with Gasteiger partial charge in [-0.25, -0.2) is 12.8 Å². The number of hydrogen-bond donors (Lipinski definition) is 1. The van der Waals surface area contributed by atoms with Crippen LogP contribution >= 0.6 is 11.6 Å². The molecule has 0 radical (unpaired) electrons. The minimum Gasteiger partial charge on any atom is -0.357 e. The Hall–Kier alpha value is -4.21. The second-order valence-electron chi connectivity index (χ2n) is 9.27. The van der Waals surface area contributed by atoms with Gasteiger partial charge in [0.05, 0.1) is 10.6 Å². The zero-order valence-electron chi connectivity index (χ0n) is 22.3. The van der Waals surface area contributed by atoms with Crippen LogP contribution in [0.4, 0.5) is 10.1 Å². The van der Waals surface area contributed by atoms with Gasteiger partial charge in [0, 0.05) is 25.0 Å². The zero-order chi connectivity index (χ0) is 29.4. The highest BCUT2D eigenvalue weighted by Crippen LogP contribution is 2.25. The summed E-state index contributed by atoms with van der Waals surface area (Å²) in [4.78, 5) is 28.6. The van der Waals surface area contributed by atoms with Crippen molar-refractivity contribution in [3.63, 3.8) is 0 Å². The fourth-order valence-corrected chi connectivity index (χ4v) is 6.04. The topological polar surface area (TPSA) is 86.8 Å². The lowest BCUT2D eigenvalue weighted by Gasteiger charge is -2.33. The van der Waals surface area contributed by atoms with Crippen molar-refractivity contribution >= 4 is 39.1 Å². The molecule has 0 aliphatic carbocycles. The molecule has 0 spiro atoms. The predicted molar refractivity (Wildman–Crippen MR) is 157 cm³/mol. The molecule has 0 bridgehead atoms. The summed E-state index contributed by atoms with van der Waals surface area (Å²) in [5.41, 5.74) is 1.73. The van der Waals surface area contributed by atoms with Gasteiger partial charge in [0.2, 0.25) is 11.8 Å².